The van der Waals surface area contributed by atoms with Crippen LogP contribution >= 0.6 is 0 Å². The Labute approximate surface area is 173 Å². The average molecular weight is 393 g/mol. The molecule has 146 valence electrons. The highest BCUT2D eigenvalue weighted by atomic mass is 16.5. The third-order valence-corrected chi connectivity index (χ3v) is 5.57. The number of benzene rings is 3. The minimum Gasteiger partial charge on any atom is -0.508 e. The van der Waals surface area contributed by atoms with E-state index in [2.05, 4.69) is 34.0 Å². The Morgan fingerprint density at radius 2 is 1.83 bits per heavy atom. The summed E-state index contributed by atoms with van der Waals surface area (Å²) in [5.41, 5.74) is 6.23. The molecule has 5 nitrogen and oxygen atoms in total. The molecule has 0 fully saturated rings. The van der Waals surface area contributed by atoms with Crippen molar-refractivity contribution in [3.63, 3.8) is 0 Å². The van der Waals surface area contributed by atoms with E-state index < -0.39 is 0 Å². The Balaban J connectivity index is 1.88. The summed E-state index contributed by atoms with van der Waals surface area (Å²) in [6.07, 6.45) is 0. The van der Waals surface area contributed by atoms with Crippen molar-refractivity contribution in [1.82, 2.24) is 9.72 Å². The fourth-order valence-electron chi connectivity index (χ4n) is 4.28. The van der Waals surface area contributed by atoms with E-state index >= 15 is 0 Å². The summed E-state index contributed by atoms with van der Waals surface area (Å²) in [7, 11) is 0. The number of rotatable bonds is 3. The van der Waals surface area contributed by atoms with Crippen LogP contribution in [0.15, 0.2) is 65.2 Å². The molecule has 0 saturated carbocycles. The molecule has 0 saturated heterocycles. The summed E-state index contributed by atoms with van der Waals surface area (Å²) in [5, 5.41) is 25.9. The van der Waals surface area contributed by atoms with Crippen molar-refractivity contribution < 1.29 is 9.63 Å². The van der Waals surface area contributed by atoms with Gasteiger partial charge in [0.2, 0.25) is 0 Å². The Bertz CT molecular complexity index is 1430. The molecule has 0 aliphatic heterocycles. The SMILES string of the molecule is Cc1noc(C)c1-c1cc(C#N)c2c3cc(O)ccc3n(Cc3ccccc3)c2c1. The fourth-order valence-corrected chi connectivity index (χ4v) is 4.28. The molecule has 1 N–H and O–H groups in total. The van der Waals surface area contributed by atoms with Gasteiger partial charge in [0.1, 0.15) is 11.5 Å². The van der Waals surface area contributed by atoms with Gasteiger partial charge in [0, 0.05) is 28.4 Å². The maximum absolute atomic E-state index is 10.1. The van der Waals surface area contributed by atoms with Crippen LogP contribution in [0.4, 0.5) is 0 Å². The molecule has 0 spiro atoms. The predicted molar refractivity (Wildman–Crippen MR) is 116 cm³/mol. The van der Waals surface area contributed by atoms with E-state index in [9.17, 15) is 10.4 Å². The number of aromatic nitrogens is 2. The zero-order valence-corrected chi connectivity index (χ0v) is 16.7. The van der Waals surface area contributed by atoms with Gasteiger partial charge in [0.05, 0.1) is 22.8 Å². The number of hydrogen-bond acceptors (Lipinski definition) is 4. The van der Waals surface area contributed by atoms with Crippen LogP contribution in [0.5, 0.6) is 5.75 Å². The van der Waals surface area contributed by atoms with E-state index in [0.717, 1.165) is 50.0 Å². The number of aromatic hydroxyl groups is 1. The average Bonchev–Trinajstić information content (AvgIpc) is 3.24. The number of nitriles is 1. The third-order valence-electron chi connectivity index (χ3n) is 5.57. The largest absolute Gasteiger partial charge is 0.508 e. The van der Waals surface area contributed by atoms with Crippen LogP contribution in [-0.2, 0) is 6.54 Å². The summed E-state index contributed by atoms with van der Waals surface area (Å²) < 4.78 is 7.56. The predicted octanol–water partition coefficient (Wildman–Crippen LogP) is 5.69. The van der Waals surface area contributed by atoms with Crippen LogP contribution < -0.4 is 0 Å². The monoisotopic (exact) mass is 393 g/mol. The second-order valence-electron chi connectivity index (χ2n) is 7.50. The second kappa shape index (κ2) is 6.78. The van der Waals surface area contributed by atoms with Crippen LogP contribution in [0.2, 0.25) is 0 Å². The van der Waals surface area contributed by atoms with Gasteiger partial charge in [-0.3, -0.25) is 0 Å². The molecule has 3 aromatic carbocycles. The molecule has 30 heavy (non-hydrogen) atoms. The smallest absolute Gasteiger partial charge is 0.141 e. The van der Waals surface area contributed by atoms with Crippen LogP contribution in [0, 0.1) is 25.2 Å². The molecule has 5 rings (SSSR count). The minimum absolute atomic E-state index is 0.181. The van der Waals surface area contributed by atoms with E-state index in [1.54, 1.807) is 12.1 Å². The van der Waals surface area contributed by atoms with Gasteiger partial charge in [-0.25, -0.2) is 0 Å². The molecular formula is C25H19N3O2. The van der Waals surface area contributed by atoms with Crippen molar-refractivity contribution >= 4 is 21.8 Å². The molecular weight excluding hydrogens is 374 g/mol. The Hall–Kier alpha value is -4.04. The van der Waals surface area contributed by atoms with Gasteiger partial charge in [-0.2, -0.15) is 5.26 Å². The highest BCUT2D eigenvalue weighted by Gasteiger charge is 2.19. The molecule has 0 aliphatic rings. The Kier molecular flexibility index (Phi) is 4.07. The number of phenolic OH excluding ortho intramolecular Hbond substituents is 1. The van der Waals surface area contributed by atoms with Gasteiger partial charge in [0.15, 0.2) is 0 Å². The first-order valence-electron chi connectivity index (χ1n) is 9.73. The third kappa shape index (κ3) is 2.73. The topological polar surface area (TPSA) is 75.0 Å². The van der Waals surface area contributed by atoms with Crippen molar-refractivity contribution in [3.05, 3.63) is 83.2 Å². The molecule has 0 unspecified atom stereocenters. The number of fused-ring (bicyclic) bond motifs is 3. The number of hydrogen-bond donors (Lipinski definition) is 1. The molecule has 5 heteroatoms. The van der Waals surface area contributed by atoms with E-state index in [1.165, 1.54) is 0 Å². The first-order chi connectivity index (χ1) is 14.6. The van der Waals surface area contributed by atoms with Gasteiger partial charge >= 0.3 is 0 Å². The lowest BCUT2D eigenvalue weighted by molar-refractivity contribution is 0.393. The van der Waals surface area contributed by atoms with Crippen molar-refractivity contribution in [3.8, 4) is 22.9 Å². The van der Waals surface area contributed by atoms with E-state index in [0.29, 0.717) is 12.1 Å². The zero-order valence-electron chi connectivity index (χ0n) is 16.7. The second-order valence-corrected chi connectivity index (χ2v) is 7.50. The van der Waals surface area contributed by atoms with Crippen molar-refractivity contribution in [2.75, 3.05) is 0 Å². The summed E-state index contributed by atoms with van der Waals surface area (Å²) in [5.74, 6) is 0.902. The van der Waals surface area contributed by atoms with Crippen LogP contribution in [-0.4, -0.2) is 14.8 Å². The van der Waals surface area contributed by atoms with Gasteiger partial charge in [-0.1, -0.05) is 35.5 Å². The molecule has 0 bridgehead atoms. The molecule has 5 aromatic rings. The van der Waals surface area contributed by atoms with E-state index in [4.69, 9.17) is 4.52 Å². The zero-order chi connectivity index (χ0) is 20.8. The molecule has 0 atom stereocenters. The van der Waals surface area contributed by atoms with E-state index in [-0.39, 0.29) is 5.75 Å². The normalized spacial score (nSPS) is 11.2. The minimum atomic E-state index is 0.181. The summed E-state index contributed by atoms with van der Waals surface area (Å²) in [4.78, 5) is 0. The van der Waals surface area contributed by atoms with Gasteiger partial charge < -0.3 is 14.2 Å². The maximum Gasteiger partial charge on any atom is 0.141 e. The van der Waals surface area contributed by atoms with Crippen LogP contribution in [0.25, 0.3) is 32.9 Å². The summed E-state index contributed by atoms with van der Waals surface area (Å²) in [6.45, 7) is 4.43. The molecule has 0 aliphatic carbocycles. The molecule has 0 radical (unpaired) electrons. The standard InChI is InChI=1S/C25H19N3O2/c1-15-24(16(2)30-27-15)18-10-19(13-26)25-21-12-20(29)8-9-22(21)28(23(25)11-18)14-17-6-4-3-5-7-17/h3-12,29H,14H2,1-2H3. The molecule has 0 amide bonds. The number of phenols is 1. The first kappa shape index (κ1) is 18.0. The fraction of sp³-hybridized carbons (Fsp3) is 0.120. The molecule has 2 aromatic heterocycles. The van der Waals surface area contributed by atoms with Crippen molar-refractivity contribution in [1.29, 1.82) is 5.26 Å². The van der Waals surface area contributed by atoms with Gasteiger partial charge in [0.25, 0.3) is 0 Å². The van der Waals surface area contributed by atoms with Gasteiger partial charge in [-0.15, -0.1) is 0 Å². The van der Waals surface area contributed by atoms with Crippen molar-refractivity contribution in [2.24, 2.45) is 0 Å². The highest BCUT2D eigenvalue weighted by Crippen LogP contribution is 2.38. The lowest BCUT2D eigenvalue weighted by Crippen LogP contribution is -1.99. The Morgan fingerprint density at radius 3 is 2.53 bits per heavy atom. The number of nitrogens with zero attached hydrogens (tertiary/aromatic N) is 3. The first-order valence-corrected chi connectivity index (χ1v) is 9.73. The summed E-state index contributed by atoms with van der Waals surface area (Å²) >= 11 is 0. The lowest BCUT2D eigenvalue weighted by Gasteiger charge is -2.10. The van der Waals surface area contributed by atoms with E-state index in [1.807, 2.05) is 44.2 Å². The lowest BCUT2D eigenvalue weighted by atomic mass is 9.98. The van der Waals surface area contributed by atoms with Crippen LogP contribution in [0.1, 0.15) is 22.6 Å². The van der Waals surface area contributed by atoms with Gasteiger partial charge in [-0.05, 0) is 55.3 Å². The maximum atomic E-state index is 10.1. The van der Waals surface area contributed by atoms with Crippen LogP contribution in [0.3, 0.4) is 0 Å². The summed E-state index contributed by atoms with van der Waals surface area (Å²) in [6, 6.07) is 21.8. The van der Waals surface area contributed by atoms with Crippen molar-refractivity contribution in [2.45, 2.75) is 20.4 Å². The highest BCUT2D eigenvalue weighted by molar-refractivity contribution is 6.12. The molecule has 2 heterocycles. The number of aryl methyl sites for hydroxylation is 2. The quantitative estimate of drug-likeness (QED) is 0.427. The Morgan fingerprint density at radius 1 is 1.03 bits per heavy atom.